The molecule has 0 radical (unpaired) electrons. The Kier molecular flexibility index (Phi) is 9.95. The van der Waals surface area contributed by atoms with Gasteiger partial charge in [0.2, 0.25) is 5.91 Å². The number of H-pyrrole nitrogens is 1. The molecule has 5 heterocycles. The van der Waals surface area contributed by atoms with Crippen molar-refractivity contribution in [3.8, 4) is 0 Å². The SMILES string of the molecule is CC1=C(CCC(=O)O)/C(=C/c2[nH]c(/C=C3\NC(O)[C@H](C)[C@H]3[C@@H]3C[SH+]3)c(C)c2/C=C/C(=O)O)NC1C[C@H]1NC(=O)/C(=C\CS)C1C. The number of carbonyl (C=O) groups is 3. The van der Waals surface area contributed by atoms with Crippen LogP contribution in [0.15, 0.2) is 40.3 Å². The molecule has 0 aliphatic carbocycles. The van der Waals surface area contributed by atoms with Crippen LogP contribution in [0.4, 0.5) is 0 Å². The lowest BCUT2D eigenvalue weighted by molar-refractivity contribution is -0.137. The number of hydrogen-bond donors (Lipinski definition) is 8. The molecule has 7 N–H and O–H groups in total. The van der Waals surface area contributed by atoms with E-state index in [1.807, 2.05) is 39.0 Å². The smallest absolute Gasteiger partial charge is 0.328 e. The largest absolute Gasteiger partial charge is 0.481 e. The molecular weight excluding hydrogens is 613 g/mol. The normalized spacial score (nSPS) is 32.2. The summed E-state index contributed by atoms with van der Waals surface area (Å²) in [5.41, 5.74) is 7.47. The molecule has 12 heteroatoms. The fourth-order valence-corrected chi connectivity index (χ4v) is 8.08. The maximum absolute atomic E-state index is 12.6. The molecule has 0 saturated carbocycles. The Morgan fingerprint density at radius 1 is 1.09 bits per heavy atom. The van der Waals surface area contributed by atoms with E-state index in [1.54, 1.807) is 6.08 Å². The average molecular weight is 656 g/mol. The number of nitrogens with one attached hydrogen (secondary N) is 4. The molecule has 4 aliphatic rings. The van der Waals surface area contributed by atoms with Gasteiger partial charge >= 0.3 is 11.9 Å². The Bertz CT molecular complexity index is 1540. The van der Waals surface area contributed by atoms with E-state index >= 15 is 0 Å². The Morgan fingerprint density at radius 3 is 2.47 bits per heavy atom. The summed E-state index contributed by atoms with van der Waals surface area (Å²) in [6.45, 7) is 8.01. The predicted octanol–water partition coefficient (Wildman–Crippen LogP) is 3.01. The molecule has 0 spiro atoms. The van der Waals surface area contributed by atoms with Gasteiger partial charge in [0.1, 0.15) is 6.23 Å². The van der Waals surface area contributed by atoms with Crippen molar-refractivity contribution in [1.29, 1.82) is 0 Å². The summed E-state index contributed by atoms with van der Waals surface area (Å²) < 4.78 is 0. The van der Waals surface area contributed by atoms with Crippen LogP contribution in [0.3, 0.4) is 0 Å². The molecule has 1 aromatic heterocycles. The fraction of sp³-hybridized carbons (Fsp3) is 0.485. The molecular formula is C33H43N4O6S2+. The monoisotopic (exact) mass is 655 g/mol. The van der Waals surface area contributed by atoms with Gasteiger partial charge in [-0.3, -0.25) is 9.59 Å². The number of aliphatic hydroxyl groups is 1. The Labute approximate surface area is 273 Å². The Morgan fingerprint density at radius 2 is 1.82 bits per heavy atom. The van der Waals surface area contributed by atoms with Crippen LogP contribution in [0.5, 0.6) is 0 Å². The molecule has 3 unspecified atom stereocenters. The summed E-state index contributed by atoms with van der Waals surface area (Å²) in [5, 5.41) is 39.9. The maximum Gasteiger partial charge on any atom is 0.328 e. The van der Waals surface area contributed by atoms with Gasteiger partial charge < -0.3 is 36.3 Å². The summed E-state index contributed by atoms with van der Waals surface area (Å²) in [6.07, 6.45) is 8.77. The zero-order chi connectivity index (χ0) is 32.6. The predicted molar refractivity (Wildman–Crippen MR) is 182 cm³/mol. The van der Waals surface area contributed by atoms with E-state index in [0.29, 0.717) is 35.1 Å². The van der Waals surface area contributed by atoms with Gasteiger partial charge in [0.15, 0.2) is 11.0 Å². The van der Waals surface area contributed by atoms with Crippen molar-refractivity contribution in [2.45, 2.75) is 70.5 Å². The lowest BCUT2D eigenvalue weighted by Gasteiger charge is -2.21. The van der Waals surface area contributed by atoms with Crippen molar-refractivity contribution in [2.75, 3.05) is 11.5 Å². The zero-order valence-corrected chi connectivity index (χ0v) is 27.7. The number of rotatable bonds is 11. The van der Waals surface area contributed by atoms with Crippen molar-refractivity contribution < 1.29 is 29.7 Å². The Hall–Kier alpha value is -3.35. The molecule has 242 valence electrons. The van der Waals surface area contributed by atoms with E-state index in [9.17, 15) is 29.7 Å². The third kappa shape index (κ3) is 7.07. The number of aromatic amines is 1. The molecule has 7 atom stereocenters. The van der Waals surface area contributed by atoms with E-state index in [4.69, 9.17) is 0 Å². The number of carbonyl (C=O) groups excluding carboxylic acids is 1. The number of aliphatic carboxylic acids is 2. The summed E-state index contributed by atoms with van der Waals surface area (Å²) in [7, 11) is 0. The molecule has 45 heavy (non-hydrogen) atoms. The standard InChI is InChI=1S/C33H42N4O6S2/c1-15-19(5-7-29(38)39)25(34-22(15)11-24-17(3)21(9-10-44)33(43)36-24)13-26-20(6-8-30(40)41)16(2)23(35-26)12-27-31(28-14-45-28)18(4)32(42)37-27/h6,8-9,12-13,17-18,22,24,28,31-32,34-35,37,42,44H,5,7,10-11,14H2,1-4H3,(H,36,43)(H,38,39)(H,40,41)/p+1/b8-6+,21-9-,25-13-,27-12-/t17?,18-,22?,24-,28+,31-,32?/m1/s1. The first-order chi connectivity index (χ1) is 21.4. The lowest BCUT2D eigenvalue weighted by Crippen LogP contribution is -2.36. The molecule has 3 saturated heterocycles. The highest BCUT2D eigenvalue weighted by Crippen LogP contribution is 2.40. The van der Waals surface area contributed by atoms with Gasteiger partial charge in [-0.05, 0) is 73.4 Å². The molecule has 0 bridgehead atoms. The number of thiol groups is 2. The third-order valence-electron chi connectivity index (χ3n) is 9.61. The quantitative estimate of drug-likeness (QED) is 0.0781. The molecule has 5 rings (SSSR count). The van der Waals surface area contributed by atoms with Crippen LogP contribution in [-0.2, 0) is 26.1 Å². The van der Waals surface area contributed by atoms with Gasteiger partial charge in [-0.2, -0.15) is 12.6 Å². The zero-order valence-electron chi connectivity index (χ0n) is 25.9. The summed E-state index contributed by atoms with van der Waals surface area (Å²) in [5.74, 6) is -0.129. The van der Waals surface area contributed by atoms with E-state index < -0.39 is 18.2 Å². The minimum atomic E-state index is -1.06. The second kappa shape index (κ2) is 13.6. The van der Waals surface area contributed by atoms with Gasteiger partial charge in [0.25, 0.3) is 0 Å². The lowest BCUT2D eigenvalue weighted by atomic mass is 9.90. The minimum absolute atomic E-state index is 0.00789. The average Bonchev–Trinajstić information content (AvgIpc) is 3.56. The molecule has 0 aromatic carbocycles. The van der Waals surface area contributed by atoms with Crippen LogP contribution < -0.4 is 16.0 Å². The van der Waals surface area contributed by atoms with Crippen molar-refractivity contribution >= 4 is 60.5 Å². The number of aliphatic hydroxyl groups excluding tert-OH is 1. The second-order valence-corrected chi connectivity index (χ2v) is 14.2. The van der Waals surface area contributed by atoms with Crippen LogP contribution in [0, 0.1) is 24.7 Å². The number of hydrogen-bond acceptors (Lipinski definition) is 7. The van der Waals surface area contributed by atoms with E-state index in [0.717, 1.165) is 51.2 Å². The highest BCUT2D eigenvalue weighted by molar-refractivity contribution is 7.86. The third-order valence-corrected chi connectivity index (χ3v) is 10.9. The van der Waals surface area contributed by atoms with Gasteiger partial charge in [0.05, 0.1) is 5.92 Å². The van der Waals surface area contributed by atoms with Crippen LogP contribution >= 0.6 is 12.6 Å². The number of allylic oxidation sites excluding steroid dienone is 2. The van der Waals surface area contributed by atoms with Crippen molar-refractivity contribution in [3.05, 3.63) is 62.8 Å². The topological polar surface area (TPSA) is 164 Å². The van der Waals surface area contributed by atoms with E-state index in [1.165, 1.54) is 11.8 Å². The van der Waals surface area contributed by atoms with Gasteiger partial charge in [-0.15, -0.1) is 0 Å². The second-order valence-electron chi connectivity index (χ2n) is 12.4. The van der Waals surface area contributed by atoms with Crippen LogP contribution in [0.1, 0.15) is 62.5 Å². The van der Waals surface area contributed by atoms with Crippen molar-refractivity contribution in [2.24, 2.45) is 17.8 Å². The summed E-state index contributed by atoms with van der Waals surface area (Å²) >= 11 is 5.64. The van der Waals surface area contributed by atoms with Crippen molar-refractivity contribution in [1.82, 2.24) is 20.9 Å². The molecule has 1 amide bonds. The number of carboxylic acids is 2. The first-order valence-electron chi connectivity index (χ1n) is 15.4. The van der Waals surface area contributed by atoms with E-state index in [2.05, 4.69) is 40.5 Å². The minimum Gasteiger partial charge on any atom is -0.481 e. The van der Waals surface area contributed by atoms with Crippen LogP contribution in [0.25, 0.3) is 18.2 Å². The number of carboxylic acid groups (broad SMARTS) is 2. The highest BCUT2D eigenvalue weighted by Gasteiger charge is 2.52. The van der Waals surface area contributed by atoms with Gasteiger partial charge in [0, 0.05) is 76.1 Å². The maximum atomic E-state index is 12.6. The van der Waals surface area contributed by atoms with Crippen LogP contribution in [-0.4, -0.2) is 73.2 Å². The molecule has 1 aromatic rings. The Balaban J connectivity index is 1.51. The molecule has 3 fully saturated rings. The van der Waals surface area contributed by atoms with Crippen LogP contribution in [0.2, 0.25) is 0 Å². The summed E-state index contributed by atoms with van der Waals surface area (Å²) in [4.78, 5) is 39.2. The summed E-state index contributed by atoms with van der Waals surface area (Å²) in [6, 6.07) is -0.213. The van der Waals surface area contributed by atoms with E-state index in [-0.39, 0.29) is 42.2 Å². The highest BCUT2D eigenvalue weighted by atomic mass is 32.2. The number of amides is 1. The molecule has 4 aliphatic heterocycles. The molecule has 10 nitrogen and oxygen atoms in total. The first kappa shape index (κ1) is 33.0. The van der Waals surface area contributed by atoms with Gasteiger partial charge in [-0.1, -0.05) is 19.9 Å². The fourth-order valence-electron chi connectivity index (χ4n) is 6.87. The first-order valence-corrected chi connectivity index (χ1v) is 17.2. The van der Waals surface area contributed by atoms with Gasteiger partial charge in [-0.25, -0.2) is 4.79 Å². The number of aromatic nitrogens is 1. The van der Waals surface area contributed by atoms with Crippen molar-refractivity contribution in [3.63, 3.8) is 0 Å².